The molecule has 0 bridgehead atoms. The first-order valence-electron chi connectivity index (χ1n) is 17.9. The summed E-state index contributed by atoms with van der Waals surface area (Å²) in [7, 11) is 0. The molecule has 0 fully saturated rings. The van der Waals surface area contributed by atoms with Gasteiger partial charge in [0.1, 0.15) is 34.0 Å². The smallest absolute Gasteiger partial charge is 0.164 e. The Labute approximate surface area is 310 Å². The SMILES string of the molecule is Cc1c(-c2nc3cccnc3n2-c2ccccc2)c(C)c(-c2nc3cccnc3n2-c2ccccc2)c(C)c1-c1nc2cccnc2n1-c1ccccc1. The van der Waals surface area contributed by atoms with Crippen molar-refractivity contribution in [1.82, 2.24) is 43.6 Å². The second-order valence-electron chi connectivity index (χ2n) is 13.4. The Morgan fingerprint density at radius 1 is 0.333 bits per heavy atom. The van der Waals surface area contributed by atoms with Crippen LogP contribution in [0.3, 0.4) is 0 Å². The van der Waals surface area contributed by atoms with Crippen LogP contribution >= 0.6 is 0 Å². The summed E-state index contributed by atoms with van der Waals surface area (Å²) in [5.74, 6) is 2.36. The highest BCUT2D eigenvalue weighted by Gasteiger charge is 2.30. The number of para-hydroxylation sites is 3. The van der Waals surface area contributed by atoms with Gasteiger partial charge >= 0.3 is 0 Å². The number of pyridine rings is 3. The van der Waals surface area contributed by atoms with Gasteiger partial charge in [-0.2, -0.15) is 0 Å². The van der Waals surface area contributed by atoms with Crippen molar-refractivity contribution in [2.24, 2.45) is 0 Å². The summed E-state index contributed by atoms with van der Waals surface area (Å²) in [6.45, 7) is 6.54. The molecule has 0 unspecified atom stereocenters. The molecule has 4 aromatic carbocycles. The van der Waals surface area contributed by atoms with Crippen molar-refractivity contribution >= 4 is 33.5 Å². The zero-order chi connectivity index (χ0) is 36.3. The second kappa shape index (κ2) is 12.5. The topological polar surface area (TPSA) is 92.1 Å². The zero-order valence-corrected chi connectivity index (χ0v) is 29.9. The Morgan fingerprint density at radius 3 is 0.889 bits per heavy atom. The monoisotopic (exact) mass is 699 g/mol. The fraction of sp³-hybridized carbons (Fsp3) is 0.0667. The van der Waals surface area contributed by atoms with Crippen LogP contribution in [0.2, 0.25) is 0 Å². The molecule has 10 aromatic rings. The first-order chi connectivity index (χ1) is 26.6. The van der Waals surface area contributed by atoms with Crippen LogP contribution < -0.4 is 0 Å². The normalized spacial score (nSPS) is 11.6. The molecule has 6 heterocycles. The first kappa shape index (κ1) is 31.5. The maximum atomic E-state index is 5.35. The Kier molecular flexibility index (Phi) is 7.26. The van der Waals surface area contributed by atoms with E-state index in [1.807, 2.05) is 110 Å². The first-order valence-corrected chi connectivity index (χ1v) is 17.9. The molecule has 0 saturated carbocycles. The van der Waals surface area contributed by atoms with E-state index in [9.17, 15) is 0 Å². The molecular formula is C45H33N9. The fourth-order valence-corrected chi connectivity index (χ4v) is 7.93. The van der Waals surface area contributed by atoms with Crippen molar-refractivity contribution in [3.8, 4) is 51.2 Å². The minimum Gasteiger partial charge on any atom is -0.277 e. The van der Waals surface area contributed by atoms with Crippen LogP contribution in [0, 0.1) is 20.8 Å². The zero-order valence-electron chi connectivity index (χ0n) is 29.9. The van der Waals surface area contributed by atoms with Gasteiger partial charge in [0.25, 0.3) is 0 Å². The van der Waals surface area contributed by atoms with Gasteiger partial charge in [0.05, 0.1) is 0 Å². The van der Waals surface area contributed by atoms with E-state index in [1.54, 1.807) is 0 Å². The number of benzene rings is 4. The van der Waals surface area contributed by atoms with Crippen LogP contribution in [0.4, 0.5) is 0 Å². The Balaban J connectivity index is 1.39. The Bertz CT molecular complexity index is 2670. The maximum absolute atomic E-state index is 5.35. The molecule has 0 N–H and O–H groups in total. The molecular weight excluding hydrogens is 667 g/mol. The van der Waals surface area contributed by atoms with Crippen LogP contribution in [0.1, 0.15) is 16.7 Å². The minimum absolute atomic E-state index is 0.780. The van der Waals surface area contributed by atoms with Gasteiger partial charge in [-0.3, -0.25) is 13.7 Å². The highest BCUT2D eigenvalue weighted by Crippen LogP contribution is 2.46. The van der Waals surface area contributed by atoms with Crippen molar-refractivity contribution in [3.63, 3.8) is 0 Å². The molecule has 0 radical (unpaired) electrons. The molecule has 0 aliphatic rings. The summed E-state index contributed by atoms with van der Waals surface area (Å²) < 4.78 is 6.49. The summed E-state index contributed by atoms with van der Waals surface area (Å²) in [6.07, 6.45) is 5.47. The number of aromatic nitrogens is 9. The van der Waals surface area contributed by atoms with E-state index in [0.29, 0.717) is 0 Å². The number of imidazole rings is 3. The van der Waals surface area contributed by atoms with E-state index in [4.69, 9.17) is 29.9 Å². The number of rotatable bonds is 6. The van der Waals surface area contributed by atoms with E-state index >= 15 is 0 Å². The lowest BCUT2D eigenvalue weighted by atomic mass is 9.86. The summed E-state index contributed by atoms with van der Waals surface area (Å²) in [6, 6.07) is 42.8. The number of hydrogen-bond donors (Lipinski definition) is 0. The van der Waals surface area contributed by atoms with Crippen LogP contribution in [0.25, 0.3) is 84.7 Å². The number of nitrogens with zero attached hydrogens (tertiary/aromatic N) is 9. The fourth-order valence-electron chi connectivity index (χ4n) is 7.93. The Morgan fingerprint density at radius 2 is 0.611 bits per heavy atom. The third-order valence-electron chi connectivity index (χ3n) is 10.2. The van der Waals surface area contributed by atoms with Gasteiger partial charge in [-0.1, -0.05) is 54.6 Å². The van der Waals surface area contributed by atoms with E-state index in [1.165, 1.54) is 0 Å². The molecule has 0 atom stereocenters. The highest BCUT2D eigenvalue weighted by molar-refractivity contribution is 5.94. The molecule has 6 aromatic heterocycles. The van der Waals surface area contributed by atoms with Crippen molar-refractivity contribution in [1.29, 1.82) is 0 Å². The Hall–Kier alpha value is -7.26. The molecule has 258 valence electrons. The molecule has 0 saturated heterocycles. The minimum atomic E-state index is 0.780. The van der Waals surface area contributed by atoms with E-state index in [2.05, 4.69) is 70.9 Å². The van der Waals surface area contributed by atoms with E-state index in [0.717, 1.165) is 101 Å². The quantitative estimate of drug-likeness (QED) is 0.172. The molecule has 9 heteroatoms. The summed E-state index contributed by atoms with van der Waals surface area (Å²) in [4.78, 5) is 30.6. The van der Waals surface area contributed by atoms with Crippen LogP contribution in [0.5, 0.6) is 0 Å². The summed E-state index contributed by atoms with van der Waals surface area (Å²) >= 11 is 0. The lowest BCUT2D eigenvalue weighted by Crippen LogP contribution is -2.09. The van der Waals surface area contributed by atoms with E-state index in [-0.39, 0.29) is 0 Å². The average molecular weight is 700 g/mol. The average Bonchev–Trinajstić information content (AvgIpc) is 3.90. The molecule has 0 aliphatic carbocycles. The van der Waals surface area contributed by atoms with Gasteiger partial charge in [-0.05, 0) is 110 Å². The predicted molar refractivity (Wildman–Crippen MR) is 214 cm³/mol. The molecule has 9 nitrogen and oxygen atoms in total. The largest absolute Gasteiger partial charge is 0.277 e. The van der Waals surface area contributed by atoms with Crippen LogP contribution in [0.15, 0.2) is 146 Å². The maximum Gasteiger partial charge on any atom is 0.164 e. The van der Waals surface area contributed by atoms with Crippen molar-refractivity contribution in [2.75, 3.05) is 0 Å². The van der Waals surface area contributed by atoms with Gasteiger partial charge in [0.2, 0.25) is 0 Å². The summed E-state index contributed by atoms with van der Waals surface area (Å²) in [5, 5.41) is 0. The third kappa shape index (κ3) is 4.79. The molecule has 0 spiro atoms. The number of hydrogen-bond acceptors (Lipinski definition) is 6. The molecule has 10 rings (SSSR count). The van der Waals surface area contributed by atoms with Gasteiger partial charge in [-0.25, -0.2) is 29.9 Å². The van der Waals surface area contributed by atoms with Crippen molar-refractivity contribution < 1.29 is 0 Å². The standard InChI is InChI=1S/C45H33N9/c1-28-37(43-49-34-22-13-25-46-40(34)52(43)31-16-7-4-8-17-31)29(2)39(45-51-36-24-15-27-48-42(36)54(45)33-20-11-6-12-21-33)30(3)38(28)44-50-35-23-14-26-47-41(35)53(44)32-18-9-5-10-19-32/h4-27H,1-3H3. The molecule has 0 amide bonds. The lowest BCUT2D eigenvalue weighted by Gasteiger charge is -2.23. The number of fused-ring (bicyclic) bond motifs is 3. The van der Waals surface area contributed by atoms with Gasteiger partial charge < -0.3 is 0 Å². The lowest BCUT2D eigenvalue weighted by molar-refractivity contribution is 1.04. The molecule has 54 heavy (non-hydrogen) atoms. The van der Waals surface area contributed by atoms with Gasteiger partial charge in [-0.15, -0.1) is 0 Å². The van der Waals surface area contributed by atoms with E-state index < -0.39 is 0 Å². The second-order valence-corrected chi connectivity index (χ2v) is 13.4. The highest BCUT2D eigenvalue weighted by atomic mass is 15.2. The molecule has 0 aliphatic heterocycles. The van der Waals surface area contributed by atoms with Crippen molar-refractivity contribution in [2.45, 2.75) is 20.8 Å². The van der Waals surface area contributed by atoms with Gasteiger partial charge in [0.15, 0.2) is 16.9 Å². The summed E-state index contributed by atoms with van der Waals surface area (Å²) in [5.41, 5.74) is 13.7. The van der Waals surface area contributed by atoms with Crippen molar-refractivity contribution in [3.05, 3.63) is 163 Å². The predicted octanol–water partition coefficient (Wildman–Crippen LogP) is 9.81. The van der Waals surface area contributed by atoms with Crippen LogP contribution in [-0.2, 0) is 0 Å². The van der Waals surface area contributed by atoms with Gasteiger partial charge in [0, 0.05) is 52.3 Å². The third-order valence-corrected chi connectivity index (χ3v) is 10.2. The van der Waals surface area contributed by atoms with Crippen LogP contribution in [-0.4, -0.2) is 43.6 Å².